The molecule has 2 saturated heterocycles. The van der Waals surface area contributed by atoms with Gasteiger partial charge in [0.25, 0.3) is 0 Å². The third-order valence-corrected chi connectivity index (χ3v) is 8.05. The van der Waals surface area contributed by atoms with Crippen molar-refractivity contribution in [2.24, 2.45) is 5.92 Å². The van der Waals surface area contributed by atoms with Crippen molar-refractivity contribution < 1.29 is 13.2 Å². The van der Waals surface area contributed by atoms with Gasteiger partial charge in [0.15, 0.2) is 0 Å². The molecule has 3 rings (SSSR count). The number of ether oxygens (including phenoxy) is 1. The van der Waals surface area contributed by atoms with Crippen LogP contribution in [-0.2, 0) is 14.6 Å². The van der Waals surface area contributed by atoms with E-state index in [0.29, 0.717) is 17.2 Å². The first kappa shape index (κ1) is 17.9. The quantitative estimate of drug-likeness (QED) is 0.614. The van der Waals surface area contributed by atoms with Gasteiger partial charge in [0, 0.05) is 37.2 Å². The molecule has 8 heteroatoms. The zero-order chi connectivity index (χ0) is 16.3. The maximum atomic E-state index is 11.7. The molecule has 3 fully saturated rings. The Kier molecular flexibility index (Phi) is 6.25. The molecule has 0 radical (unpaired) electrons. The van der Waals surface area contributed by atoms with Crippen LogP contribution in [0.1, 0.15) is 32.1 Å². The summed E-state index contributed by atoms with van der Waals surface area (Å²) < 4.78 is 32.7. The molecule has 3 N–H and O–H groups in total. The van der Waals surface area contributed by atoms with Crippen molar-refractivity contribution in [1.82, 2.24) is 15.4 Å². The molecule has 0 aromatic carbocycles. The van der Waals surface area contributed by atoms with Crippen LogP contribution >= 0.6 is 11.9 Å². The molecule has 2 heterocycles. The number of hydrogen-bond acceptors (Lipinski definition) is 7. The lowest BCUT2D eigenvalue weighted by atomic mass is 9.83. The zero-order valence-corrected chi connectivity index (χ0v) is 15.4. The van der Waals surface area contributed by atoms with E-state index in [-0.39, 0.29) is 11.5 Å². The first-order valence-corrected chi connectivity index (χ1v) is 11.5. The van der Waals surface area contributed by atoms with E-state index in [9.17, 15) is 8.42 Å². The molecule has 0 bridgehead atoms. The highest BCUT2D eigenvalue weighted by Gasteiger charge is 2.34. The Bertz CT molecular complexity index is 474. The summed E-state index contributed by atoms with van der Waals surface area (Å²) in [5.74, 6) is 0.550. The van der Waals surface area contributed by atoms with Crippen molar-refractivity contribution >= 4 is 21.8 Å². The van der Waals surface area contributed by atoms with Crippen LogP contribution in [0.25, 0.3) is 0 Å². The highest BCUT2D eigenvalue weighted by molar-refractivity contribution is 7.98. The summed E-state index contributed by atoms with van der Waals surface area (Å²) in [5, 5.41) is 7.54. The van der Waals surface area contributed by atoms with Gasteiger partial charge < -0.3 is 10.1 Å². The van der Waals surface area contributed by atoms with Crippen LogP contribution in [0.3, 0.4) is 0 Å². The van der Waals surface area contributed by atoms with Crippen LogP contribution in [0.2, 0.25) is 0 Å². The standard InChI is InChI=1S/C15H29N3O3S2/c1-23(19,20)13-4-2-11(3-5-13)14-8-16-9-15(18-14)21-10-12-6-7-17-22-12/h11-18H,2-10H2,1H3. The summed E-state index contributed by atoms with van der Waals surface area (Å²) in [7, 11) is -2.88. The second-order valence-electron chi connectivity index (χ2n) is 7.04. The Morgan fingerprint density at radius 3 is 2.57 bits per heavy atom. The minimum Gasteiger partial charge on any atom is -0.361 e. The third kappa shape index (κ3) is 5.06. The van der Waals surface area contributed by atoms with E-state index in [1.807, 2.05) is 0 Å². The molecule has 0 amide bonds. The van der Waals surface area contributed by atoms with Gasteiger partial charge in [0.2, 0.25) is 0 Å². The average Bonchev–Trinajstić information content (AvgIpc) is 3.06. The Labute approximate surface area is 143 Å². The lowest BCUT2D eigenvalue weighted by Crippen LogP contribution is -2.59. The third-order valence-electron chi connectivity index (χ3n) is 5.29. The largest absolute Gasteiger partial charge is 0.361 e. The number of rotatable bonds is 5. The highest BCUT2D eigenvalue weighted by atomic mass is 32.2. The van der Waals surface area contributed by atoms with Crippen molar-refractivity contribution in [3.05, 3.63) is 0 Å². The second kappa shape index (κ2) is 8.01. The van der Waals surface area contributed by atoms with E-state index in [0.717, 1.165) is 51.9 Å². The Hall–Kier alpha value is 0.140. The normalized spacial score (nSPS) is 39.4. The topological polar surface area (TPSA) is 79.5 Å². The summed E-state index contributed by atoms with van der Waals surface area (Å²) >= 11 is 1.78. The summed E-state index contributed by atoms with van der Waals surface area (Å²) in [6.45, 7) is 3.65. The smallest absolute Gasteiger partial charge is 0.150 e. The fourth-order valence-electron chi connectivity index (χ4n) is 3.85. The fraction of sp³-hybridized carbons (Fsp3) is 1.00. The molecule has 134 valence electrons. The molecule has 3 aliphatic rings. The van der Waals surface area contributed by atoms with Crippen LogP contribution < -0.4 is 15.4 Å². The van der Waals surface area contributed by atoms with Gasteiger partial charge in [-0.3, -0.25) is 10.0 Å². The van der Waals surface area contributed by atoms with E-state index in [1.165, 1.54) is 12.7 Å². The average molecular weight is 364 g/mol. The Morgan fingerprint density at radius 2 is 1.91 bits per heavy atom. The minimum absolute atomic E-state index is 0.0718. The Balaban J connectivity index is 1.43. The Morgan fingerprint density at radius 1 is 1.13 bits per heavy atom. The van der Waals surface area contributed by atoms with Gasteiger partial charge in [-0.25, -0.2) is 8.42 Å². The van der Waals surface area contributed by atoms with E-state index in [4.69, 9.17) is 4.74 Å². The van der Waals surface area contributed by atoms with Crippen molar-refractivity contribution in [3.63, 3.8) is 0 Å². The van der Waals surface area contributed by atoms with Gasteiger partial charge in [-0.15, -0.1) is 0 Å². The molecule has 0 aromatic heterocycles. The SMILES string of the molecule is CS(=O)(=O)C1CCC(C2CNCC(OCC3CCNS3)N2)CC1. The molecule has 2 aliphatic heterocycles. The maximum Gasteiger partial charge on any atom is 0.150 e. The van der Waals surface area contributed by atoms with Crippen LogP contribution in [0.4, 0.5) is 0 Å². The summed E-state index contributed by atoms with van der Waals surface area (Å²) in [6, 6.07) is 0.392. The predicted molar refractivity (Wildman–Crippen MR) is 94.1 cm³/mol. The first-order valence-electron chi connectivity index (χ1n) is 8.68. The highest BCUT2D eigenvalue weighted by Crippen LogP contribution is 2.31. The fourth-order valence-corrected chi connectivity index (χ4v) is 5.83. The van der Waals surface area contributed by atoms with Gasteiger partial charge in [0.1, 0.15) is 16.1 Å². The molecular formula is C15H29N3O3S2. The lowest BCUT2D eigenvalue weighted by Gasteiger charge is -2.39. The van der Waals surface area contributed by atoms with Gasteiger partial charge in [-0.05, 0) is 38.0 Å². The van der Waals surface area contributed by atoms with E-state index >= 15 is 0 Å². The molecular weight excluding hydrogens is 334 g/mol. The molecule has 1 aliphatic carbocycles. The number of piperazine rings is 1. The molecule has 0 spiro atoms. The van der Waals surface area contributed by atoms with Crippen molar-refractivity contribution in [2.75, 3.05) is 32.5 Å². The van der Waals surface area contributed by atoms with Gasteiger partial charge in [0.05, 0.1) is 11.9 Å². The van der Waals surface area contributed by atoms with Crippen LogP contribution in [-0.4, -0.2) is 63.7 Å². The number of hydrogen-bond donors (Lipinski definition) is 3. The van der Waals surface area contributed by atoms with Gasteiger partial charge in [-0.1, -0.05) is 11.9 Å². The molecule has 3 atom stereocenters. The molecule has 6 nitrogen and oxygen atoms in total. The summed E-state index contributed by atoms with van der Waals surface area (Å²) in [4.78, 5) is 0. The summed E-state index contributed by atoms with van der Waals surface area (Å²) in [5.41, 5.74) is 0. The predicted octanol–water partition coefficient (Wildman–Crippen LogP) is 0.504. The van der Waals surface area contributed by atoms with Crippen LogP contribution in [0.5, 0.6) is 0 Å². The van der Waals surface area contributed by atoms with E-state index in [2.05, 4.69) is 15.4 Å². The summed E-state index contributed by atoms with van der Waals surface area (Å²) in [6.07, 6.45) is 6.21. The van der Waals surface area contributed by atoms with Crippen LogP contribution in [0, 0.1) is 5.92 Å². The van der Waals surface area contributed by atoms with E-state index < -0.39 is 9.84 Å². The molecule has 23 heavy (non-hydrogen) atoms. The number of sulfone groups is 1. The first-order chi connectivity index (χ1) is 11.0. The van der Waals surface area contributed by atoms with Crippen molar-refractivity contribution in [3.8, 4) is 0 Å². The minimum atomic E-state index is -2.88. The van der Waals surface area contributed by atoms with Crippen molar-refractivity contribution in [2.45, 2.75) is 54.9 Å². The molecule has 3 unspecified atom stereocenters. The van der Waals surface area contributed by atoms with Crippen molar-refractivity contribution in [1.29, 1.82) is 0 Å². The lowest BCUT2D eigenvalue weighted by molar-refractivity contribution is -0.0000285. The molecule has 0 aromatic rings. The van der Waals surface area contributed by atoms with Gasteiger partial charge >= 0.3 is 0 Å². The van der Waals surface area contributed by atoms with Gasteiger partial charge in [-0.2, -0.15) is 0 Å². The van der Waals surface area contributed by atoms with E-state index in [1.54, 1.807) is 11.9 Å². The molecule has 1 saturated carbocycles. The zero-order valence-electron chi connectivity index (χ0n) is 13.8. The monoisotopic (exact) mass is 363 g/mol. The number of nitrogens with one attached hydrogen (secondary N) is 3. The maximum absolute atomic E-state index is 11.7. The van der Waals surface area contributed by atoms with Crippen LogP contribution in [0.15, 0.2) is 0 Å². The second-order valence-corrected chi connectivity index (χ2v) is 10.6.